The number of benzene rings is 2. The fourth-order valence-corrected chi connectivity index (χ4v) is 3.66. The summed E-state index contributed by atoms with van der Waals surface area (Å²) < 4.78 is 32.5. The third-order valence-electron chi connectivity index (χ3n) is 3.32. The second-order valence-corrected chi connectivity index (χ2v) is 7.39. The first-order chi connectivity index (χ1) is 10.5. The molecule has 0 fully saturated rings. The van der Waals surface area contributed by atoms with E-state index in [0.717, 1.165) is 10.5 Å². The SMILES string of the molecule is COc1ccc(S(=O)(=O)N[C@@H](C)c2ccc(SC)cc2)cc1. The summed E-state index contributed by atoms with van der Waals surface area (Å²) in [6.45, 7) is 1.83. The molecule has 6 heteroatoms. The van der Waals surface area contributed by atoms with Crippen LogP contribution in [0.3, 0.4) is 0 Å². The lowest BCUT2D eigenvalue weighted by molar-refractivity contribution is 0.414. The van der Waals surface area contributed by atoms with Crippen molar-refractivity contribution in [1.29, 1.82) is 0 Å². The third-order valence-corrected chi connectivity index (χ3v) is 5.62. The smallest absolute Gasteiger partial charge is 0.241 e. The van der Waals surface area contributed by atoms with Gasteiger partial charge in [0.2, 0.25) is 10.0 Å². The minimum atomic E-state index is -3.56. The summed E-state index contributed by atoms with van der Waals surface area (Å²) in [7, 11) is -2.02. The number of thioether (sulfide) groups is 1. The molecule has 2 aromatic carbocycles. The molecule has 0 radical (unpaired) electrons. The van der Waals surface area contributed by atoms with Gasteiger partial charge in [-0.3, -0.25) is 0 Å². The first-order valence-electron chi connectivity index (χ1n) is 6.76. The van der Waals surface area contributed by atoms with Crippen LogP contribution in [0.25, 0.3) is 0 Å². The maximum Gasteiger partial charge on any atom is 0.241 e. The average molecular weight is 337 g/mol. The highest BCUT2D eigenvalue weighted by Gasteiger charge is 2.18. The Morgan fingerprint density at radius 3 is 2.14 bits per heavy atom. The lowest BCUT2D eigenvalue weighted by atomic mass is 10.1. The fraction of sp³-hybridized carbons (Fsp3) is 0.250. The molecule has 0 saturated heterocycles. The molecule has 4 nitrogen and oxygen atoms in total. The van der Waals surface area contributed by atoms with E-state index in [1.54, 1.807) is 31.0 Å². The van der Waals surface area contributed by atoms with E-state index in [4.69, 9.17) is 4.74 Å². The molecule has 22 heavy (non-hydrogen) atoms. The van der Waals surface area contributed by atoms with Crippen molar-refractivity contribution in [1.82, 2.24) is 4.72 Å². The predicted octanol–water partition coefficient (Wildman–Crippen LogP) is 3.46. The zero-order chi connectivity index (χ0) is 16.2. The Kier molecular flexibility index (Phi) is 5.50. The molecule has 0 unspecified atom stereocenters. The highest BCUT2D eigenvalue weighted by atomic mass is 32.2. The third kappa shape index (κ3) is 4.03. The van der Waals surface area contributed by atoms with Crippen LogP contribution >= 0.6 is 11.8 Å². The summed E-state index contributed by atoms with van der Waals surface area (Å²) in [6, 6.07) is 13.9. The first-order valence-corrected chi connectivity index (χ1v) is 9.47. The monoisotopic (exact) mass is 337 g/mol. The Hall–Kier alpha value is -1.50. The van der Waals surface area contributed by atoms with Crippen LogP contribution in [0.1, 0.15) is 18.5 Å². The molecule has 0 spiro atoms. The highest BCUT2D eigenvalue weighted by Crippen LogP contribution is 2.21. The van der Waals surface area contributed by atoms with Gasteiger partial charge in [-0.25, -0.2) is 13.1 Å². The van der Waals surface area contributed by atoms with Gasteiger partial charge in [0.05, 0.1) is 12.0 Å². The van der Waals surface area contributed by atoms with E-state index in [1.165, 1.54) is 12.1 Å². The van der Waals surface area contributed by atoms with Crippen molar-refractivity contribution in [2.45, 2.75) is 22.8 Å². The van der Waals surface area contributed by atoms with E-state index in [1.807, 2.05) is 37.4 Å². The molecule has 0 aliphatic carbocycles. The number of nitrogens with one attached hydrogen (secondary N) is 1. The van der Waals surface area contributed by atoms with Crippen LogP contribution in [0, 0.1) is 0 Å². The normalized spacial score (nSPS) is 12.9. The van der Waals surface area contributed by atoms with E-state index in [-0.39, 0.29) is 10.9 Å². The molecule has 0 aliphatic heterocycles. The summed E-state index contributed by atoms with van der Waals surface area (Å²) in [5.41, 5.74) is 0.926. The predicted molar refractivity (Wildman–Crippen MR) is 90.0 cm³/mol. The van der Waals surface area contributed by atoms with E-state index < -0.39 is 10.0 Å². The molecule has 0 bridgehead atoms. The van der Waals surface area contributed by atoms with Crippen LogP contribution in [0.4, 0.5) is 0 Å². The highest BCUT2D eigenvalue weighted by molar-refractivity contribution is 7.98. The van der Waals surface area contributed by atoms with Crippen LogP contribution in [-0.4, -0.2) is 21.8 Å². The zero-order valence-corrected chi connectivity index (χ0v) is 14.4. The van der Waals surface area contributed by atoms with Crippen molar-refractivity contribution in [3.8, 4) is 5.75 Å². The van der Waals surface area contributed by atoms with Gasteiger partial charge in [0.25, 0.3) is 0 Å². The quantitative estimate of drug-likeness (QED) is 0.820. The van der Waals surface area contributed by atoms with E-state index in [9.17, 15) is 8.42 Å². The van der Waals surface area contributed by atoms with E-state index in [2.05, 4.69) is 4.72 Å². The van der Waals surface area contributed by atoms with Crippen molar-refractivity contribution in [3.63, 3.8) is 0 Å². The fourth-order valence-electron chi connectivity index (χ4n) is 2.02. The Balaban J connectivity index is 2.15. The van der Waals surface area contributed by atoms with Gasteiger partial charge in [0.15, 0.2) is 0 Å². The topological polar surface area (TPSA) is 55.4 Å². The number of hydrogen-bond donors (Lipinski definition) is 1. The molecule has 0 aromatic heterocycles. The summed E-state index contributed by atoms with van der Waals surface area (Å²) in [6.07, 6.45) is 2.00. The minimum absolute atomic E-state index is 0.223. The van der Waals surface area contributed by atoms with Gasteiger partial charge < -0.3 is 4.74 Å². The minimum Gasteiger partial charge on any atom is -0.497 e. The lowest BCUT2D eigenvalue weighted by Gasteiger charge is -2.15. The Labute approximate surface area is 135 Å². The summed E-state index contributed by atoms with van der Waals surface area (Å²) >= 11 is 1.65. The maximum atomic E-state index is 12.4. The number of rotatable bonds is 6. The molecule has 0 heterocycles. The maximum absolute atomic E-state index is 12.4. The lowest BCUT2D eigenvalue weighted by Crippen LogP contribution is -2.26. The molecule has 1 atom stereocenters. The molecular formula is C16H19NO3S2. The molecule has 118 valence electrons. The van der Waals surface area contributed by atoms with Gasteiger partial charge in [-0.2, -0.15) is 0 Å². The molecule has 0 aliphatic rings. The largest absolute Gasteiger partial charge is 0.497 e. The van der Waals surface area contributed by atoms with Crippen molar-refractivity contribution in [3.05, 3.63) is 54.1 Å². The Bertz CT molecular complexity index is 710. The van der Waals surface area contributed by atoms with Crippen molar-refractivity contribution >= 4 is 21.8 Å². The first kappa shape index (κ1) is 16.9. The van der Waals surface area contributed by atoms with Gasteiger partial charge in [0, 0.05) is 10.9 Å². The summed E-state index contributed by atoms with van der Waals surface area (Å²) in [4.78, 5) is 1.37. The van der Waals surface area contributed by atoms with Gasteiger partial charge in [0.1, 0.15) is 5.75 Å². The van der Waals surface area contributed by atoms with Crippen LogP contribution < -0.4 is 9.46 Å². The Morgan fingerprint density at radius 2 is 1.64 bits per heavy atom. The van der Waals surface area contributed by atoms with Crippen LogP contribution in [0.5, 0.6) is 5.75 Å². The Morgan fingerprint density at radius 1 is 1.05 bits per heavy atom. The standard InChI is InChI=1S/C16H19NO3S2/c1-12(13-4-8-15(21-3)9-5-13)17-22(18,19)16-10-6-14(20-2)7-11-16/h4-12,17H,1-3H3/t12-/m0/s1. The number of hydrogen-bond acceptors (Lipinski definition) is 4. The molecule has 2 aromatic rings. The molecular weight excluding hydrogens is 318 g/mol. The van der Waals surface area contributed by atoms with E-state index in [0.29, 0.717) is 5.75 Å². The summed E-state index contributed by atoms with van der Waals surface area (Å²) in [5, 5.41) is 0. The number of ether oxygens (including phenoxy) is 1. The molecule has 0 saturated carbocycles. The van der Waals surface area contributed by atoms with Crippen LogP contribution in [0.15, 0.2) is 58.3 Å². The average Bonchev–Trinajstić information content (AvgIpc) is 2.54. The second-order valence-electron chi connectivity index (χ2n) is 4.79. The number of methoxy groups -OCH3 is 1. The van der Waals surface area contributed by atoms with Gasteiger partial charge >= 0.3 is 0 Å². The number of sulfonamides is 1. The van der Waals surface area contributed by atoms with Crippen LogP contribution in [-0.2, 0) is 10.0 Å². The molecule has 1 N–H and O–H groups in total. The van der Waals surface area contributed by atoms with Crippen molar-refractivity contribution in [2.75, 3.05) is 13.4 Å². The van der Waals surface area contributed by atoms with Gasteiger partial charge in [-0.05, 0) is 55.1 Å². The van der Waals surface area contributed by atoms with E-state index >= 15 is 0 Å². The van der Waals surface area contributed by atoms with Gasteiger partial charge in [-0.15, -0.1) is 11.8 Å². The van der Waals surface area contributed by atoms with Crippen molar-refractivity contribution < 1.29 is 13.2 Å². The van der Waals surface area contributed by atoms with Crippen LogP contribution in [0.2, 0.25) is 0 Å². The van der Waals surface area contributed by atoms with Crippen molar-refractivity contribution in [2.24, 2.45) is 0 Å². The summed E-state index contributed by atoms with van der Waals surface area (Å²) in [5.74, 6) is 0.625. The molecule has 2 rings (SSSR count). The molecule has 0 amide bonds. The second kappa shape index (κ2) is 7.17. The zero-order valence-electron chi connectivity index (χ0n) is 12.7. The van der Waals surface area contributed by atoms with Gasteiger partial charge in [-0.1, -0.05) is 12.1 Å².